The van der Waals surface area contributed by atoms with Crippen LogP contribution in [0.15, 0.2) is 36.7 Å². The Morgan fingerprint density at radius 3 is 2.68 bits per heavy atom. The molecule has 0 saturated heterocycles. The van der Waals surface area contributed by atoms with Crippen molar-refractivity contribution in [2.75, 3.05) is 7.05 Å². The molecular formula is C14H17N5. The molecule has 0 amide bonds. The lowest BCUT2D eigenvalue weighted by atomic mass is 10.0. The Kier molecular flexibility index (Phi) is 2.83. The zero-order chi connectivity index (χ0) is 13.4. The maximum absolute atomic E-state index is 4.66. The first-order chi connectivity index (χ1) is 9.20. The van der Waals surface area contributed by atoms with Crippen LogP contribution >= 0.6 is 0 Å². The zero-order valence-corrected chi connectivity index (χ0v) is 11.3. The van der Waals surface area contributed by atoms with Crippen LogP contribution in [0.4, 0.5) is 0 Å². The van der Waals surface area contributed by atoms with Gasteiger partial charge in [0.1, 0.15) is 0 Å². The Morgan fingerprint density at radius 1 is 1.21 bits per heavy atom. The van der Waals surface area contributed by atoms with E-state index in [2.05, 4.69) is 27.6 Å². The first kappa shape index (κ1) is 11.9. The van der Waals surface area contributed by atoms with Crippen molar-refractivity contribution >= 4 is 10.9 Å². The largest absolute Gasteiger partial charge is 0.308 e. The molecule has 0 aliphatic carbocycles. The second kappa shape index (κ2) is 4.51. The highest BCUT2D eigenvalue weighted by molar-refractivity contribution is 5.82. The van der Waals surface area contributed by atoms with Crippen molar-refractivity contribution in [2.45, 2.75) is 6.04 Å². The van der Waals surface area contributed by atoms with E-state index in [0.717, 1.165) is 16.8 Å². The summed E-state index contributed by atoms with van der Waals surface area (Å²) in [6.07, 6.45) is 3.90. The molecule has 0 spiro atoms. The minimum Gasteiger partial charge on any atom is -0.308 e. The molecule has 5 nitrogen and oxygen atoms in total. The van der Waals surface area contributed by atoms with Crippen molar-refractivity contribution in [2.24, 2.45) is 14.1 Å². The van der Waals surface area contributed by atoms with Crippen LogP contribution in [-0.2, 0) is 14.1 Å². The smallest absolute Gasteiger partial charge is 0.0919 e. The molecule has 19 heavy (non-hydrogen) atoms. The molecule has 3 rings (SSSR count). The van der Waals surface area contributed by atoms with Crippen LogP contribution in [0.3, 0.4) is 0 Å². The molecule has 0 aliphatic heterocycles. The summed E-state index contributed by atoms with van der Waals surface area (Å²) in [5.74, 6) is 0. The first-order valence-corrected chi connectivity index (χ1v) is 6.28. The predicted octanol–water partition coefficient (Wildman–Crippen LogP) is 1.62. The molecule has 98 valence electrons. The third-order valence-corrected chi connectivity index (χ3v) is 3.41. The van der Waals surface area contributed by atoms with Gasteiger partial charge in [-0.05, 0) is 13.1 Å². The van der Waals surface area contributed by atoms with Crippen molar-refractivity contribution in [3.63, 3.8) is 0 Å². The maximum atomic E-state index is 4.66. The van der Waals surface area contributed by atoms with Crippen molar-refractivity contribution in [1.82, 2.24) is 24.9 Å². The number of fused-ring (bicyclic) bond motifs is 1. The molecule has 2 aromatic heterocycles. The van der Waals surface area contributed by atoms with E-state index in [4.69, 9.17) is 0 Å². The lowest BCUT2D eigenvalue weighted by molar-refractivity contribution is 0.647. The van der Waals surface area contributed by atoms with Crippen molar-refractivity contribution < 1.29 is 0 Å². The summed E-state index contributed by atoms with van der Waals surface area (Å²) in [4.78, 5) is 0. The quantitative estimate of drug-likeness (QED) is 0.773. The molecule has 1 aromatic carbocycles. The predicted molar refractivity (Wildman–Crippen MR) is 74.8 cm³/mol. The van der Waals surface area contributed by atoms with Crippen molar-refractivity contribution in [3.05, 3.63) is 47.9 Å². The molecule has 0 aliphatic rings. The fraction of sp³-hybridized carbons (Fsp3) is 0.286. The van der Waals surface area contributed by atoms with Crippen LogP contribution in [-0.4, -0.2) is 26.6 Å². The molecular weight excluding hydrogens is 238 g/mol. The minimum absolute atomic E-state index is 0.0554. The van der Waals surface area contributed by atoms with Gasteiger partial charge in [0, 0.05) is 31.2 Å². The maximum Gasteiger partial charge on any atom is 0.0919 e. The number of aromatic nitrogens is 4. The first-order valence-electron chi connectivity index (χ1n) is 6.28. The van der Waals surface area contributed by atoms with Gasteiger partial charge in [0.2, 0.25) is 0 Å². The van der Waals surface area contributed by atoms with Gasteiger partial charge in [-0.3, -0.25) is 9.36 Å². The lowest BCUT2D eigenvalue weighted by Gasteiger charge is -2.12. The van der Waals surface area contributed by atoms with E-state index in [0.29, 0.717) is 0 Å². The van der Waals surface area contributed by atoms with Gasteiger partial charge in [-0.15, -0.1) is 0 Å². The van der Waals surface area contributed by atoms with Gasteiger partial charge >= 0.3 is 0 Å². The Labute approximate surface area is 111 Å². The molecule has 2 heterocycles. The third-order valence-electron chi connectivity index (χ3n) is 3.41. The number of hydrogen-bond donors (Lipinski definition) is 1. The number of benzene rings is 1. The molecule has 0 fully saturated rings. The van der Waals surface area contributed by atoms with E-state index in [1.165, 1.54) is 5.39 Å². The molecule has 1 unspecified atom stereocenters. The Balaban J connectivity index is 2.16. The summed E-state index contributed by atoms with van der Waals surface area (Å²) in [6, 6.07) is 8.33. The number of hydrogen-bond acceptors (Lipinski definition) is 3. The number of nitrogens with one attached hydrogen (secondary N) is 1. The number of rotatable bonds is 3. The summed E-state index contributed by atoms with van der Waals surface area (Å²) in [5, 5.41) is 13.4. The number of nitrogens with zero attached hydrogens (tertiary/aromatic N) is 4. The summed E-state index contributed by atoms with van der Waals surface area (Å²) < 4.78 is 3.73. The van der Waals surface area contributed by atoms with Crippen LogP contribution < -0.4 is 5.32 Å². The van der Waals surface area contributed by atoms with Crippen molar-refractivity contribution in [3.8, 4) is 0 Å². The molecule has 5 heteroatoms. The van der Waals surface area contributed by atoms with Crippen LogP contribution in [0.25, 0.3) is 10.9 Å². The second-order valence-electron chi connectivity index (χ2n) is 4.70. The molecule has 0 bridgehead atoms. The Hall–Kier alpha value is -2.14. The van der Waals surface area contributed by atoms with E-state index in [-0.39, 0.29) is 6.04 Å². The zero-order valence-electron chi connectivity index (χ0n) is 11.3. The normalized spacial score (nSPS) is 13.0. The fourth-order valence-electron chi connectivity index (χ4n) is 2.51. The van der Waals surface area contributed by atoms with Gasteiger partial charge in [0.25, 0.3) is 0 Å². The van der Waals surface area contributed by atoms with Crippen LogP contribution in [0.1, 0.15) is 17.3 Å². The fourth-order valence-corrected chi connectivity index (χ4v) is 2.51. The van der Waals surface area contributed by atoms with E-state index in [9.17, 15) is 0 Å². The highest BCUT2D eigenvalue weighted by Gasteiger charge is 2.20. The van der Waals surface area contributed by atoms with E-state index in [1.807, 2.05) is 55.0 Å². The summed E-state index contributed by atoms with van der Waals surface area (Å²) >= 11 is 0. The third kappa shape index (κ3) is 1.92. The van der Waals surface area contributed by atoms with E-state index >= 15 is 0 Å². The molecule has 1 atom stereocenters. The monoisotopic (exact) mass is 255 g/mol. The van der Waals surface area contributed by atoms with Gasteiger partial charge in [0.15, 0.2) is 0 Å². The topological polar surface area (TPSA) is 47.7 Å². The van der Waals surface area contributed by atoms with Gasteiger partial charge in [-0.25, -0.2) is 0 Å². The molecule has 0 saturated carbocycles. The summed E-state index contributed by atoms with van der Waals surface area (Å²) in [7, 11) is 5.84. The van der Waals surface area contributed by atoms with Gasteiger partial charge in [0.05, 0.1) is 23.4 Å². The van der Waals surface area contributed by atoms with Gasteiger partial charge < -0.3 is 5.32 Å². The minimum atomic E-state index is 0.0554. The summed E-state index contributed by atoms with van der Waals surface area (Å²) in [5.41, 5.74) is 3.30. The van der Waals surface area contributed by atoms with Crippen LogP contribution in [0.2, 0.25) is 0 Å². The second-order valence-corrected chi connectivity index (χ2v) is 4.70. The average molecular weight is 255 g/mol. The number of para-hydroxylation sites is 1. The van der Waals surface area contributed by atoms with Crippen molar-refractivity contribution in [1.29, 1.82) is 0 Å². The van der Waals surface area contributed by atoms with E-state index < -0.39 is 0 Å². The lowest BCUT2D eigenvalue weighted by Crippen LogP contribution is -2.18. The van der Waals surface area contributed by atoms with Crippen LogP contribution in [0, 0.1) is 0 Å². The average Bonchev–Trinajstić information content (AvgIpc) is 2.97. The highest BCUT2D eigenvalue weighted by atomic mass is 15.3. The standard InChI is InChI=1S/C14H17N5/c1-15-13(10-8-16-18(2)9-10)14-11-6-4-5-7-12(11)19(3)17-14/h4-9,13,15H,1-3H3. The SMILES string of the molecule is CNC(c1cnn(C)c1)c1nn(C)c2ccccc12. The van der Waals surface area contributed by atoms with Gasteiger partial charge in [-0.2, -0.15) is 10.2 Å². The molecule has 3 aromatic rings. The Bertz CT molecular complexity index is 710. The summed E-state index contributed by atoms with van der Waals surface area (Å²) in [6.45, 7) is 0. The van der Waals surface area contributed by atoms with Crippen LogP contribution in [0.5, 0.6) is 0 Å². The molecule has 0 radical (unpaired) electrons. The van der Waals surface area contributed by atoms with Gasteiger partial charge in [-0.1, -0.05) is 18.2 Å². The highest BCUT2D eigenvalue weighted by Crippen LogP contribution is 2.27. The van der Waals surface area contributed by atoms with E-state index in [1.54, 1.807) is 0 Å². The number of aryl methyl sites for hydroxylation is 2. The Morgan fingerprint density at radius 2 is 2.00 bits per heavy atom. The molecule has 1 N–H and O–H groups in total.